The van der Waals surface area contributed by atoms with E-state index in [1.165, 1.54) is 9.42 Å². The Morgan fingerprint density at radius 2 is 1.98 bits per heavy atom. The molecule has 3 aromatic heterocycles. The van der Waals surface area contributed by atoms with Gasteiger partial charge < -0.3 is 20.3 Å². The number of hydrogen-bond acceptors (Lipinski definition) is 6. The number of carbonyl (C=O) groups excluding carboxylic acids is 2. The Hall–Kier alpha value is -3.68. The number of nitrogens with one attached hydrogen (secondary N) is 2. The zero-order valence-corrected chi connectivity index (χ0v) is 22.7. The predicted molar refractivity (Wildman–Crippen MR) is 137 cm³/mol. The lowest BCUT2D eigenvalue weighted by Gasteiger charge is -2.27. The minimum atomic E-state index is -4.52. The number of rotatable bonds is 10. The molecule has 0 spiro atoms. The second kappa shape index (κ2) is 10.7. The van der Waals surface area contributed by atoms with Gasteiger partial charge in [-0.3, -0.25) is 9.48 Å². The van der Waals surface area contributed by atoms with Crippen LogP contribution in [-0.4, -0.2) is 72.7 Å². The van der Waals surface area contributed by atoms with Gasteiger partial charge in [-0.25, -0.2) is 14.3 Å². The molecule has 0 radical (unpaired) electrons. The van der Waals surface area contributed by atoms with Crippen LogP contribution in [0, 0.1) is 5.92 Å². The third-order valence-electron chi connectivity index (χ3n) is 7.09. The number of aromatic nitrogens is 5. The van der Waals surface area contributed by atoms with Crippen LogP contribution >= 0.6 is 0 Å². The largest absolute Gasteiger partial charge is 0.410 e. The van der Waals surface area contributed by atoms with Crippen molar-refractivity contribution >= 4 is 17.6 Å². The van der Waals surface area contributed by atoms with Gasteiger partial charge in [0, 0.05) is 12.2 Å². The molecule has 5 rings (SSSR count). The van der Waals surface area contributed by atoms with Gasteiger partial charge in [0.2, 0.25) is 0 Å². The molecule has 2 fully saturated rings. The number of nitrogens with zero attached hydrogens (tertiary/aromatic N) is 6. The first kappa shape index (κ1) is 27.9. The molecule has 3 atom stereocenters. The highest BCUT2D eigenvalue weighted by Crippen LogP contribution is 2.46. The summed E-state index contributed by atoms with van der Waals surface area (Å²) in [5.74, 6) is -0.281. The molecule has 1 aliphatic carbocycles. The van der Waals surface area contributed by atoms with Crippen molar-refractivity contribution in [3.05, 3.63) is 47.7 Å². The van der Waals surface area contributed by atoms with E-state index in [1.807, 2.05) is 27.7 Å². The SMILES string of the molecule is CC(C)OCC(NC(=O)c1ccnn1C(C)C)c1cn2ncc(C(C3CC3)N3CC(C(F)(F)F)NC3=O)cc2n1. The molecule has 11 nitrogen and oxygen atoms in total. The van der Waals surface area contributed by atoms with Gasteiger partial charge in [0.25, 0.3) is 5.91 Å². The van der Waals surface area contributed by atoms with Gasteiger partial charge in [-0.1, -0.05) is 0 Å². The lowest BCUT2D eigenvalue weighted by atomic mass is 10.0. The molecule has 2 aliphatic rings. The average Bonchev–Trinajstić information content (AvgIpc) is 3.26. The molecule has 4 heterocycles. The molecular formula is C26H33F3N8O3. The Morgan fingerprint density at radius 3 is 2.60 bits per heavy atom. The number of alkyl halides is 3. The van der Waals surface area contributed by atoms with Crippen LogP contribution in [0.1, 0.15) is 80.4 Å². The van der Waals surface area contributed by atoms with Crippen LogP contribution in [0.2, 0.25) is 0 Å². The second-order valence-electron chi connectivity index (χ2n) is 10.9. The van der Waals surface area contributed by atoms with Gasteiger partial charge in [0.1, 0.15) is 11.7 Å². The summed E-state index contributed by atoms with van der Waals surface area (Å²) in [6.45, 7) is 7.34. The quantitative estimate of drug-likeness (QED) is 0.388. The van der Waals surface area contributed by atoms with E-state index in [-0.39, 0.29) is 30.6 Å². The van der Waals surface area contributed by atoms with Crippen molar-refractivity contribution in [3.63, 3.8) is 0 Å². The first-order chi connectivity index (χ1) is 18.9. The Labute approximate surface area is 229 Å². The van der Waals surface area contributed by atoms with E-state index >= 15 is 0 Å². The van der Waals surface area contributed by atoms with E-state index in [0.29, 0.717) is 22.6 Å². The van der Waals surface area contributed by atoms with E-state index in [2.05, 4.69) is 25.8 Å². The number of halogens is 3. The van der Waals surface area contributed by atoms with Gasteiger partial charge in [0.15, 0.2) is 5.65 Å². The summed E-state index contributed by atoms with van der Waals surface area (Å²) in [7, 11) is 0. The average molecular weight is 563 g/mol. The molecule has 1 aliphatic heterocycles. The first-order valence-corrected chi connectivity index (χ1v) is 13.4. The lowest BCUT2D eigenvalue weighted by molar-refractivity contribution is -0.150. The monoisotopic (exact) mass is 562 g/mol. The Morgan fingerprint density at radius 1 is 1.23 bits per heavy atom. The third kappa shape index (κ3) is 5.76. The molecule has 0 aromatic carbocycles. The van der Waals surface area contributed by atoms with Crippen molar-refractivity contribution in [1.82, 2.24) is 39.9 Å². The van der Waals surface area contributed by atoms with Gasteiger partial charge in [-0.2, -0.15) is 23.4 Å². The van der Waals surface area contributed by atoms with Gasteiger partial charge >= 0.3 is 12.2 Å². The molecule has 0 bridgehead atoms. The minimum absolute atomic E-state index is 0.0116. The predicted octanol–water partition coefficient (Wildman–Crippen LogP) is 3.81. The molecule has 2 N–H and O–H groups in total. The summed E-state index contributed by atoms with van der Waals surface area (Å²) in [5, 5.41) is 13.7. The van der Waals surface area contributed by atoms with Crippen molar-refractivity contribution in [1.29, 1.82) is 0 Å². The number of imidazole rings is 1. The number of fused-ring (bicyclic) bond motifs is 1. The lowest BCUT2D eigenvalue weighted by Crippen LogP contribution is -2.40. The van der Waals surface area contributed by atoms with Gasteiger partial charge in [-0.05, 0) is 64.2 Å². The van der Waals surface area contributed by atoms with Crippen LogP contribution < -0.4 is 10.6 Å². The highest BCUT2D eigenvalue weighted by molar-refractivity contribution is 5.92. The topological polar surface area (TPSA) is 119 Å². The molecule has 3 unspecified atom stereocenters. The fraction of sp³-hybridized carbons (Fsp3) is 0.577. The molecule has 3 aromatic rings. The highest BCUT2D eigenvalue weighted by Gasteiger charge is 2.51. The van der Waals surface area contributed by atoms with Crippen molar-refractivity contribution < 1.29 is 27.5 Å². The fourth-order valence-electron chi connectivity index (χ4n) is 4.97. The van der Waals surface area contributed by atoms with Crippen LogP contribution in [0.25, 0.3) is 5.65 Å². The summed E-state index contributed by atoms with van der Waals surface area (Å²) < 4.78 is 48.9. The summed E-state index contributed by atoms with van der Waals surface area (Å²) >= 11 is 0. The molecule has 1 saturated carbocycles. The molecule has 1 saturated heterocycles. The molecule has 14 heteroatoms. The number of hydrogen-bond donors (Lipinski definition) is 2. The number of carbonyl (C=O) groups is 2. The molecule has 3 amide bonds. The van der Waals surface area contributed by atoms with Crippen LogP contribution in [0.15, 0.2) is 30.7 Å². The summed E-state index contributed by atoms with van der Waals surface area (Å²) in [6, 6.07) is -0.423. The van der Waals surface area contributed by atoms with Crippen LogP contribution in [-0.2, 0) is 4.74 Å². The maximum absolute atomic E-state index is 13.3. The van der Waals surface area contributed by atoms with Crippen LogP contribution in [0.3, 0.4) is 0 Å². The number of ether oxygens (including phenoxy) is 1. The van der Waals surface area contributed by atoms with Gasteiger partial charge in [-0.15, -0.1) is 0 Å². The zero-order valence-electron chi connectivity index (χ0n) is 22.7. The smallest absolute Gasteiger partial charge is 0.376 e. The van der Waals surface area contributed by atoms with Crippen LogP contribution in [0.4, 0.5) is 18.0 Å². The molecule has 40 heavy (non-hydrogen) atoms. The van der Waals surface area contributed by atoms with Crippen molar-refractivity contribution in [2.75, 3.05) is 13.2 Å². The third-order valence-corrected chi connectivity index (χ3v) is 7.09. The van der Waals surface area contributed by atoms with Crippen molar-refractivity contribution in [2.45, 2.75) is 77.0 Å². The Bertz CT molecular complexity index is 1380. The minimum Gasteiger partial charge on any atom is -0.376 e. The first-order valence-electron chi connectivity index (χ1n) is 13.4. The Balaban J connectivity index is 1.42. The normalized spacial score (nSPS) is 19.5. The van der Waals surface area contributed by atoms with Crippen LogP contribution in [0.5, 0.6) is 0 Å². The summed E-state index contributed by atoms with van der Waals surface area (Å²) in [6.07, 6.45) is 1.82. The second-order valence-corrected chi connectivity index (χ2v) is 10.9. The molecular weight excluding hydrogens is 529 g/mol. The summed E-state index contributed by atoms with van der Waals surface area (Å²) in [4.78, 5) is 31.7. The van der Waals surface area contributed by atoms with Crippen molar-refractivity contribution in [3.8, 4) is 0 Å². The van der Waals surface area contributed by atoms with E-state index in [4.69, 9.17) is 4.74 Å². The maximum Gasteiger partial charge on any atom is 0.410 e. The fourth-order valence-corrected chi connectivity index (χ4v) is 4.97. The zero-order chi connectivity index (χ0) is 28.8. The number of amides is 3. The van der Waals surface area contributed by atoms with E-state index in [1.54, 1.807) is 35.4 Å². The summed E-state index contributed by atoms with van der Waals surface area (Å²) in [5.41, 5.74) is 1.97. The number of urea groups is 1. The van der Waals surface area contributed by atoms with E-state index in [9.17, 15) is 22.8 Å². The Kier molecular flexibility index (Phi) is 7.46. The maximum atomic E-state index is 13.3. The molecule has 216 valence electrons. The van der Waals surface area contributed by atoms with E-state index < -0.39 is 36.9 Å². The highest BCUT2D eigenvalue weighted by atomic mass is 19.4. The van der Waals surface area contributed by atoms with E-state index in [0.717, 1.165) is 12.8 Å². The van der Waals surface area contributed by atoms with Crippen molar-refractivity contribution in [2.24, 2.45) is 5.92 Å². The van der Waals surface area contributed by atoms with Gasteiger partial charge in [0.05, 0.1) is 49.4 Å². The standard InChI is InChI=1S/C26H33F3N8O3/c1-14(2)37-20(7-8-30-37)24(38)33-19(13-40-15(3)4)18-11-36-22(32-18)9-17(10-31-36)23(16-5-6-16)35-12-21(26(27,28)29)34-25(35)39/h7-11,14-16,19,21,23H,5-6,12-13H2,1-4H3,(H,33,38)(H,34,39).